The van der Waals surface area contributed by atoms with Crippen molar-refractivity contribution in [3.63, 3.8) is 0 Å². The predicted octanol–water partition coefficient (Wildman–Crippen LogP) is 3.22. The number of likely N-dealkylation sites (tertiary alicyclic amines) is 1. The van der Waals surface area contributed by atoms with Crippen LogP contribution in [0.4, 0.5) is 4.79 Å². The number of nitrogens with zero attached hydrogens (tertiary/aromatic N) is 1. The number of imide groups is 1. The average molecular weight is 391 g/mol. The van der Waals surface area contributed by atoms with E-state index in [1.54, 1.807) is 51.1 Å². The van der Waals surface area contributed by atoms with Crippen molar-refractivity contribution in [1.82, 2.24) is 4.90 Å². The second kappa shape index (κ2) is 9.19. The van der Waals surface area contributed by atoms with E-state index in [9.17, 15) is 19.5 Å². The third kappa shape index (κ3) is 5.32. The zero-order valence-corrected chi connectivity index (χ0v) is 16.9. The summed E-state index contributed by atoms with van der Waals surface area (Å²) in [7, 11) is 0. The number of ether oxygens (including phenoxy) is 2. The summed E-state index contributed by atoms with van der Waals surface area (Å²) in [5.74, 6) is -2.22. The first-order valence-electron chi connectivity index (χ1n) is 9.61. The molecule has 2 unspecified atom stereocenters. The van der Waals surface area contributed by atoms with Crippen LogP contribution in [-0.4, -0.2) is 46.2 Å². The molecule has 0 aliphatic carbocycles. The molecule has 1 fully saturated rings. The molecule has 2 amide bonds. The summed E-state index contributed by atoms with van der Waals surface area (Å²) >= 11 is 0. The molecular formula is C21H29NO6. The molecule has 1 aromatic carbocycles. The fraction of sp³-hybridized carbons (Fsp3) is 0.571. The summed E-state index contributed by atoms with van der Waals surface area (Å²) in [5.41, 5.74) is -0.283. The van der Waals surface area contributed by atoms with Crippen LogP contribution in [0.1, 0.15) is 58.6 Å². The Balaban J connectivity index is 2.25. The zero-order valence-electron chi connectivity index (χ0n) is 16.9. The van der Waals surface area contributed by atoms with E-state index in [-0.39, 0.29) is 13.0 Å². The molecule has 28 heavy (non-hydrogen) atoms. The predicted molar refractivity (Wildman–Crippen MR) is 102 cm³/mol. The number of rotatable bonds is 6. The van der Waals surface area contributed by atoms with Gasteiger partial charge in [0.25, 0.3) is 0 Å². The molecule has 2 rings (SSSR count). The molecule has 0 saturated carbocycles. The van der Waals surface area contributed by atoms with Gasteiger partial charge in [0.2, 0.25) is 5.91 Å². The monoisotopic (exact) mass is 391 g/mol. The summed E-state index contributed by atoms with van der Waals surface area (Å²) in [6.45, 7) is 7.21. The van der Waals surface area contributed by atoms with Crippen LogP contribution in [0.3, 0.4) is 0 Å². The highest BCUT2D eigenvalue weighted by atomic mass is 16.6. The van der Waals surface area contributed by atoms with Crippen LogP contribution < -0.4 is 0 Å². The molecule has 7 heteroatoms. The molecule has 154 valence electrons. The largest absolute Gasteiger partial charge is 0.464 e. The highest BCUT2D eigenvalue weighted by Crippen LogP contribution is 2.36. The topological polar surface area (TPSA) is 93.1 Å². The van der Waals surface area contributed by atoms with Crippen molar-refractivity contribution in [3.05, 3.63) is 35.9 Å². The third-order valence-electron chi connectivity index (χ3n) is 4.47. The number of aliphatic hydroxyl groups is 1. The number of hydrogen-bond acceptors (Lipinski definition) is 6. The van der Waals surface area contributed by atoms with Crippen molar-refractivity contribution < 1.29 is 29.0 Å². The van der Waals surface area contributed by atoms with Crippen molar-refractivity contribution in [2.45, 2.75) is 64.7 Å². The van der Waals surface area contributed by atoms with E-state index in [1.165, 1.54) is 0 Å². The molecule has 1 N–H and O–H groups in total. The van der Waals surface area contributed by atoms with Crippen LogP contribution in [0.25, 0.3) is 0 Å². The molecule has 1 saturated heterocycles. The Morgan fingerprint density at radius 2 is 1.89 bits per heavy atom. The lowest BCUT2D eigenvalue weighted by Crippen LogP contribution is -2.46. The Labute approximate surface area is 165 Å². The summed E-state index contributed by atoms with van der Waals surface area (Å²) in [6.07, 6.45) is -0.513. The quantitative estimate of drug-likeness (QED) is 0.591. The van der Waals surface area contributed by atoms with Crippen LogP contribution in [0, 0.1) is 5.92 Å². The van der Waals surface area contributed by atoms with Gasteiger partial charge < -0.3 is 14.6 Å². The lowest BCUT2D eigenvalue weighted by atomic mass is 9.93. The van der Waals surface area contributed by atoms with Crippen LogP contribution >= 0.6 is 0 Å². The SMILES string of the molecule is CCCCOC(=O)[C@@H]1CC(C(O)c2ccccc2)C(=O)N1C(=O)OC(C)(C)C. The van der Waals surface area contributed by atoms with Gasteiger partial charge in [-0.15, -0.1) is 0 Å². The minimum atomic E-state index is -1.13. The Morgan fingerprint density at radius 1 is 1.25 bits per heavy atom. The van der Waals surface area contributed by atoms with Crippen molar-refractivity contribution in [1.29, 1.82) is 0 Å². The molecule has 1 aliphatic heterocycles. The van der Waals surface area contributed by atoms with E-state index < -0.39 is 41.6 Å². The summed E-state index contributed by atoms with van der Waals surface area (Å²) in [4.78, 5) is 38.9. The zero-order chi connectivity index (χ0) is 20.9. The molecule has 1 aromatic rings. The van der Waals surface area contributed by atoms with Gasteiger partial charge >= 0.3 is 12.1 Å². The van der Waals surface area contributed by atoms with Crippen LogP contribution in [0.15, 0.2) is 30.3 Å². The van der Waals surface area contributed by atoms with Crippen molar-refractivity contribution in [2.24, 2.45) is 5.92 Å². The summed E-state index contributed by atoms with van der Waals surface area (Å²) < 4.78 is 10.5. The molecule has 0 aromatic heterocycles. The van der Waals surface area contributed by atoms with Crippen LogP contribution in [-0.2, 0) is 19.1 Å². The first-order valence-corrected chi connectivity index (χ1v) is 9.61. The van der Waals surface area contributed by atoms with Gasteiger partial charge in [-0.25, -0.2) is 14.5 Å². The number of carbonyl (C=O) groups is 3. The number of amides is 2. The standard InChI is InChI=1S/C21H29NO6/c1-5-6-12-27-19(25)16-13-15(17(23)14-10-8-7-9-11-14)18(24)22(16)20(26)28-21(2,3)4/h7-11,15-17,23H,5-6,12-13H2,1-4H3/t15?,16-,17?/m0/s1. The van der Waals surface area contributed by atoms with E-state index in [1.807, 2.05) is 6.92 Å². The number of carbonyl (C=O) groups excluding carboxylic acids is 3. The Morgan fingerprint density at radius 3 is 2.46 bits per heavy atom. The van der Waals surface area contributed by atoms with E-state index in [4.69, 9.17) is 9.47 Å². The normalized spacial score (nSPS) is 20.8. The van der Waals surface area contributed by atoms with Crippen molar-refractivity contribution in [2.75, 3.05) is 6.61 Å². The minimum absolute atomic E-state index is 0.0148. The number of unbranched alkanes of at least 4 members (excludes halogenated alkanes) is 1. The van der Waals surface area contributed by atoms with Gasteiger partial charge in [-0.3, -0.25) is 4.79 Å². The number of hydrogen-bond donors (Lipinski definition) is 1. The smallest absolute Gasteiger partial charge is 0.417 e. The highest BCUT2D eigenvalue weighted by Gasteiger charge is 2.51. The molecule has 7 nitrogen and oxygen atoms in total. The van der Waals surface area contributed by atoms with Gasteiger partial charge in [-0.2, -0.15) is 0 Å². The average Bonchev–Trinajstić information content (AvgIpc) is 2.98. The second-order valence-corrected chi connectivity index (χ2v) is 7.92. The first kappa shape index (κ1) is 21.9. The Kier molecular flexibility index (Phi) is 7.18. The second-order valence-electron chi connectivity index (χ2n) is 7.92. The van der Waals surface area contributed by atoms with Crippen LogP contribution in [0.2, 0.25) is 0 Å². The van der Waals surface area contributed by atoms with Gasteiger partial charge in [-0.1, -0.05) is 43.7 Å². The van der Waals surface area contributed by atoms with Crippen LogP contribution in [0.5, 0.6) is 0 Å². The van der Waals surface area contributed by atoms with E-state index in [0.717, 1.165) is 11.3 Å². The maximum atomic E-state index is 12.9. The number of benzene rings is 1. The number of esters is 1. The molecule has 1 heterocycles. The summed E-state index contributed by atoms with van der Waals surface area (Å²) in [6, 6.07) is 7.58. The van der Waals surface area contributed by atoms with E-state index in [0.29, 0.717) is 12.0 Å². The van der Waals surface area contributed by atoms with E-state index in [2.05, 4.69) is 0 Å². The van der Waals surface area contributed by atoms with Gasteiger partial charge in [0.15, 0.2) is 0 Å². The van der Waals surface area contributed by atoms with E-state index >= 15 is 0 Å². The number of aliphatic hydroxyl groups excluding tert-OH is 1. The Bertz CT molecular complexity index is 697. The summed E-state index contributed by atoms with van der Waals surface area (Å²) in [5, 5.41) is 10.7. The molecule has 0 bridgehead atoms. The minimum Gasteiger partial charge on any atom is -0.464 e. The van der Waals surface area contributed by atoms with Gasteiger partial charge in [-0.05, 0) is 39.2 Å². The Hall–Kier alpha value is -2.41. The maximum Gasteiger partial charge on any atom is 0.417 e. The van der Waals surface area contributed by atoms with Gasteiger partial charge in [0.05, 0.1) is 18.6 Å². The third-order valence-corrected chi connectivity index (χ3v) is 4.47. The lowest BCUT2D eigenvalue weighted by molar-refractivity contribution is -0.151. The molecule has 3 atom stereocenters. The highest BCUT2D eigenvalue weighted by molar-refractivity contribution is 6.01. The fourth-order valence-electron chi connectivity index (χ4n) is 3.07. The fourth-order valence-corrected chi connectivity index (χ4v) is 3.07. The first-order chi connectivity index (χ1) is 13.2. The molecular weight excluding hydrogens is 362 g/mol. The van der Waals surface area contributed by atoms with Crippen molar-refractivity contribution >= 4 is 18.0 Å². The van der Waals surface area contributed by atoms with Gasteiger partial charge in [0, 0.05) is 0 Å². The van der Waals surface area contributed by atoms with Crippen molar-refractivity contribution in [3.8, 4) is 0 Å². The molecule has 0 spiro atoms. The molecule has 0 radical (unpaired) electrons. The van der Waals surface area contributed by atoms with Gasteiger partial charge in [0.1, 0.15) is 11.6 Å². The lowest BCUT2D eigenvalue weighted by Gasteiger charge is -2.26. The molecule has 1 aliphatic rings. The maximum absolute atomic E-state index is 12.9.